The van der Waals surface area contributed by atoms with E-state index in [1.807, 2.05) is 24.3 Å². The quantitative estimate of drug-likeness (QED) is 0.734. The van der Waals surface area contributed by atoms with Gasteiger partial charge in [0.15, 0.2) is 6.10 Å². The normalized spacial score (nSPS) is 16.9. The molecule has 1 atom stereocenters. The van der Waals surface area contributed by atoms with Gasteiger partial charge in [0, 0.05) is 12.5 Å². The molecule has 3 heterocycles. The number of aromatic amines is 1. The molecule has 0 amide bonds. The number of H-pyrrole nitrogens is 1. The van der Waals surface area contributed by atoms with Gasteiger partial charge in [-0.1, -0.05) is 23.4 Å². The summed E-state index contributed by atoms with van der Waals surface area (Å²) in [5.74, 6) is 2.12. The number of nitrogens with one attached hydrogen (secondary N) is 1. The number of nitrogen functional groups attached to an aromatic ring is 1. The third-order valence-corrected chi connectivity index (χ3v) is 3.20. The summed E-state index contributed by atoms with van der Waals surface area (Å²) < 4.78 is 11.0. The Bertz CT molecular complexity index is 738. The zero-order valence-corrected chi connectivity index (χ0v) is 10.4. The highest BCUT2D eigenvalue weighted by Crippen LogP contribution is 2.35. The molecule has 0 fully saturated rings. The molecule has 4 rings (SSSR count). The highest BCUT2D eigenvalue weighted by molar-refractivity contribution is 5.51. The molecule has 0 spiro atoms. The van der Waals surface area contributed by atoms with Crippen molar-refractivity contribution in [2.75, 3.05) is 5.73 Å². The number of hydrogen-bond donors (Lipinski definition) is 2. The van der Waals surface area contributed by atoms with Gasteiger partial charge in [0.1, 0.15) is 17.3 Å². The van der Waals surface area contributed by atoms with Crippen LogP contribution in [-0.4, -0.2) is 20.3 Å². The van der Waals surface area contributed by atoms with E-state index >= 15 is 0 Å². The zero-order chi connectivity index (χ0) is 13.5. The molecule has 0 saturated carbocycles. The fraction of sp³-hybridized carbons (Fsp3) is 0.154. The van der Waals surface area contributed by atoms with Crippen molar-refractivity contribution >= 4 is 5.82 Å². The summed E-state index contributed by atoms with van der Waals surface area (Å²) in [7, 11) is 0. The standard InChI is InChI=1S/C13H11N5O2/c14-11-6-8(16-17-11)13-15-12(18-20-13)10-5-7-3-1-2-4-9(7)19-10/h1-4,6,10H,5H2,(H3,14,16,17). The third kappa shape index (κ3) is 1.71. The first-order valence-electron chi connectivity index (χ1n) is 6.19. The van der Waals surface area contributed by atoms with Crippen LogP contribution in [-0.2, 0) is 6.42 Å². The SMILES string of the molecule is Nc1cc(-c2nc(C3Cc4ccccc4O3)no2)[nH]n1. The number of hydrogen-bond acceptors (Lipinski definition) is 6. The molecule has 0 radical (unpaired) electrons. The minimum Gasteiger partial charge on any atom is -0.482 e. The molecule has 3 aromatic rings. The maximum atomic E-state index is 5.81. The molecule has 2 aromatic heterocycles. The van der Waals surface area contributed by atoms with Gasteiger partial charge in [-0.05, 0) is 11.6 Å². The van der Waals surface area contributed by atoms with E-state index in [1.165, 1.54) is 0 Å². The fourth-order valence-electron chi connectivity index (χ4n) is 2.25. The predicted molar refractivity (Wildman–Crippen MR) is 69.8 cm³/mol. The van der Waals surface area contributed by atoms with E-state index in [-0.39, 0.29) is 6.10 Å². The molecule has 0 bridgehead atoms. The van der Waals surface area contributed by atoms with E-state index in [1.54, 1.807) is 6.07 Å². The van der Waals surface area contributed by atoms with Crippen molar-refractivity contribution < 1.29 is 9.26 Å². The fourth-order valence-corrected chi connectivity index (χ4v) is 2.25. The molecule has 100 valence electrons. The van der Waals surface area contributed by atoms with E-state index in [9.17, 15) is 0 Å². The summed E-state index contributed by atoms with van der Waals surface area (Å²) >= 11 is 0. The van der Waals surface area contributed by atoms with Crippen LogP contribution >= 0.6 is 0 Å². The molecule has 7 heteroatoms. The molecule has 20 heavy (non-hydrogen) atoms. The number of benzene rings is 1. The van der Waals surface area contributed by atoms with Crippen LogP contribution in [0.4, 0.5) is 5.82 Å². The van der Waals surface area contributed by atoms with E-state index in [0.717, 1.165) is 17.7 Å². The Labute approximate surface area is 113 Å². The van der Waals surface area contributed by atoms with Crippen LogP contribution in [0.15, 0.2) is 34.9 Å². The van der Waals surface area contributed by atoms with Gasteiger partial charge in [-0.25, -0.2) is 0 Å². The van der Waals surface area contributed by atoms with E-state index in [2.05, 4.69) is 20.3 Å². The Morgan fingerprint density at radius 2 is 2.20 bits per heavy atom. The van der Waals surface area contributed by atoms with Gasteiger partial charge < -0.3 is 15.0 Å². The first-order chi connectivity index (χ1) is 9.79. The number of nitrogens with zero attached hydrogens (tertiary/aromatic N) is 3. The molecule has 1 aliphatic rings. The first-order valence-corrected chi connectivity index (χ1v) is 6.19. The van der Waals surface area contributed by atoms with Crippen molar-refractivity contribution in [1.82, 2.24) is 20.3 Å². The number of nitrogens with two attached hydrogens (primary N) is 1. The van der Waals surface area contributed by atoms with E-state index in [4.69, 9.17) is 15.0 Å². The van der Waals surface area contributed by atoms with Crippen molar-refractivity contribution in [3.63, 3.8) is 0 Å². The lowest BCUT2D eigenvalue weighted by molar-refractivity contribution is 0.221. The van der Waals surface area contributed by atoms with Crippen LogP contribution in [0.1, 0.15) is 17.5 Å². The summed E-state index contributed by atoms with van der Waals surface area (Å²) in [6.07, 6.45) is 0.519. The maximum Gasteiger partial charge on any atom is 0.276 e. The van der Waals surface area contributed by atoms with Gasteiger partial charge in [-0.3, -0.25) is 5.10 Å². The molecule has 0 aliphatic carbocycles. The Kier molecular flexibility index (Phi) is 2.26. The minimum absolute atomic E-state index is 0.217. The van der Waals surface area contributed by atoms with Crippen molar-refractivity contribution in [1.29, 1.82) is 0 Å². The number of ether oxygens (including phenoxy) is 1. The Morgan fingerprint density at radius 3 is 3.00 bits per heavy atom. The average Bonchev–Trinajstić information content (AvgIpc) is 3.16. The van der Waals surface area contributed by atoms with Gasteiger partial charge in [0.25, 0.3) is 5.89 Å². The summed E-state index contributed by atoms with van der Waals surface area (Å²) in [6, 6.07) is 9.54. The first kappa shape index (κ1) is 11.0. The summed E-state index contributed by atoms with van der Waals surface area (Å²) in [5, 5.41) is 10.5. The molecular formula is C13H11N5O2. The molecule has 1 aromatic carbocycles. The molecule has 1 unspecified atom stereocenters. The third-order valence-electron chi connectivity index (χ3n) is 3.20. The van der Waals surface area contributed by atoms with Crippen molar-refractivity contribution in [3.8, 4) is 17.3 Å². The van der Waals surface area contributed by atoms with Gasteiger partial charge in [-0.2, -0.15) is 10.1 Å². The predicted octanol–water partition coefficient (Wildman–Crippen LogP) is 1.72. The lowest BCUT2D eigenvalue weighted by Gasteiger charge is -2.04. The van der Waals surface area contributed by atoms with Crippen LogP contribution in [0, 0.1) is 0 Å². The number of rotatable bonds is 2. The Balaban J connectivity index is 1.61. The van der Waals surface area contributed by atoms with Crippen LogP contribution in [0.25, 0.3) is 11.6 Å². The van der Waals surface area contributed by atoms with Gasteiger partial charge in [0.2, 0.25) is 5.82 Å². The van der Waals surface area contributed by atoms with Crippen LogP contribution in [0.5, 0.6) is 5.75 Å². The lowest BCUT2D eigenvalue weighted by Crippen LogP contribution is -2.05. The number of fused-ring (bicyclic) bond motifs is 1. The number of anilines is 1. The molecule has 3 N–H and O–H groups in total. The molecule has 1 aliphatic heterocycles. The summed E-state index contributed by atoms with van der Waals surface area (Å²) in [4.78, 5) is 4.33. The Morgan fingerprint density at radius 1 is 1.30 bits per heavy atom. The second-order valence-corrected chi connectivity index (χ2v) is 4.58. The number of aromatic nitrogens is 4. The monoisotopic (exact) mass is 269 g/mol. The number of para-hydroxylation sites is 1. The molecule has 7 nitrogen and oxygen atoms in total. The lowest BCUT2D eigenvalue weighted by atomic mass is 10.1. The summed E-state index contributed by atoms with van der Waals surface area (Å²) in [5.41, 5.74) is 7.29. The van der Waals surface area contributed by atoms with E-state index < -0.39 is 0 Å². The van der Waals surface area contributed by atoms with Crippen LogP contribution in [0.2, 0.25) is 0 Å². The minimum atomic E-state index is -0.217. The average molecular weight is 269 g/mol. The van der Waals surface area contributed by atoms with Gasteiger partial charge in [0.05, 0.1) is 0 Å². The van der Waals surface area contributed by atoms with Crippen molar-refractivity contribution in [3.05, 3.63) is 41.7 Å². The van der Waals surface area contributed by atoms with Crippen LogP contribution < -0.4 is 10.5 Å². The molecular weight excluding hydrogens is 258 g/mol. The smallest absolute Gasteiger partial charge is 0.276 e. The molecule has 0 saturated heterocycles. The highest BCUT2D eigenvalue weighted by atomic mass is 16.5. The van der Waals surface area contributed by atoms with Crippen molar-refractivity contribution in [2.24, 2.45) is 0 Å². The van der Waals surface area contributed by atoms with E-state index in [0.29, 0.717) is 23.2 Å². The second-order valence-electron chi connectivity index (χ2n) is 4.58. The topological polar surface area (TPSA) is 103 Å². The van der Waals surface area contributed by atoms with Gasteiger partial charge in [-0.15, -0.1) is 0 Å². The highest BCUT2D eigenvalue weighted by Gasteiger charge is 2.28. The second kappa shape index (κ2) is 4.09. The van der Waals surface area contributed by atoms with Crippen molar-refractivity contribution in [2.45, 2.75) is 12.5 Å². The Hall–Kier alpha value is -2.83. The zero-order valence-electron chi connectivity index (χ0n) is 10.4. The van der Waals surface area contributed by atoms with Crippen LogP contribution in [0.3, 0.4) is 0 Å². The van der Waals surface area contributed by atoms with Gasteiger partial charge >= 0.3 is 0 Å². The largest absolute Gasteiger partial charge is 0.482 e. The summed E-state index contributed by atoms with van der Waals surface area (Å²) in [6.45, 7) is 0. The maximum absolute atomic E-state index is 5.81.